The number of rotatable bonds is 3. The monoisotopic (exact) mass is 275 g/mol. The highest BCUT2D eigenvalue weighted by Crippen LogP contribution is 2.34. The van der Waals surface area contributed by atoms with Crippen LogP contribution in [0.3, 0.4) is 0 Å². The van der Waals surface area contributed by atoms with Gasteiger partial charge in [-0.3, -0.25) is 4.79 Å². The van der Waals surface area contributed by atoms with Gasteiger partial charge in [-0.05, 0) is 32.6 Å². The number of carboxylic acid groups (broad SMARTS) is 1. The molecule has 1 N–H and O–H groups in total. The lowest BCUT2D eigenvalue weighted by atomic mass is 9.83. The summed E-state index contributed by atoms with van der Waals surface area (Å²) < 4.78 is 26.3. The number of sulfonamides is 1. The largest absolute Gasteiger partial charge is 0.481 e. The number of aliphatic carboxylic acids is 1. The fraction of sp³-hybridized carbons (Fsp3) is 0.917. The highest BCUT2D eigenvalue weighted by molar-refractivity contribution is 7.89. The van der Waals surface area contributed by atoms with Crippen LogP contribution >= 0.6 is 0 Å². The zero-order valence-corrected chi connectivity index (χ0v) is 11.6. The summed E-state index contributed by atoms with van der Waals surface area (Å²) in [5, 5.41) is 8.94. The number of piperidine rings is 1. The standard InChI is InChI=1S/C12H21NO4S/c1-12(11(14)15)7-4-8-13(9-12)18(16,17)10-5-2-3-6-10/h10H,2-9H2,1H3,(H,14,15). The van der Waals surface area contributed by atoms with E-state index in [0.717, 1.165) is 25.7 Å². The van der Waals surface area contributed by atoms with Crippen LogP contribution in [-0.2, 0) is 14.8 Å². The van der Waals surface area contributed by atoms with Crippen molar-refractivity contribution in [2.24, 2.45) is 5.41 Å². The first-order valence-electron chi connectivity index (χ1n) is 6.59. The van der Waals surface area contributed by atoms with Crippen molar-refractivity contribution in [2.45, 2.75) is 50.7 Å². The Kier molecular flexibility index (Phi) is 3.69. The Morgan fingerprint density at radius 2 is 1.89 bits per heavy atom. The van der Waals surface area contributed by atoms with E-state index in [1.54, 1.807) is 6.92 Å². The molecule has 5 nitrogen and oxygen atoms in total. The van der Waals surface area contributed by atoms with Gasteiger partial charge in [0.1, 0.15) is 0 Å². The topological polar surface area (TPSA) is 74.7 Å². The van der Waals surface area contributed by atoms with Crippen molar-refractivity contribution in [3.05, 3.63) is 0 Å². The molecule has 1 saturated heterocycles. The molecular weight excluding hydrogens is 254 g/mol. The van der Waals surface area contributed by atoms with Crippen LogP contribution in [0.4, 0.5) is 0 Å². The minimum atomic E-state index is -3.30. The van der Waals surface area contributed by atoms with Gasteiger partial charge in [-0.1, -0.05) is 12.8 Å². The molecule has 1 atom stereocenters. The molecular formula is C12H21NO4S. The molecule has 1 aliphatic carbocycles. The fourth-order valence-electron chi connectivity index (χ4n) is 2.98. The van der Waals surface area contributed by atoms with Gasteiger partial charge in [0.15, 0.2) is 0 Å². The van der Waals surface area contributed by atoms with Gasteiger partial charge in [0.05, 0.1) is 10.7 Å². The van der Waals surface area contributed by atoms with E-state index in [1.807, 2.05) is 0 Å². The van der Waals surface area contributed by atoms with Crippen LogP contribution in [0.2, 0.25) is 0 Å². The van der Waals surface area contributed by atoms with E-state index < -0.39 is 21.4 Å². The van der Waals surface area contributed by atoms with Gasteiger partial charge in [0.25, 0.3) is 0 Å². The van der Waals surface area contributed by atoms with E-state index in [1.165, 1.54) is 4.31 Å². The summed E-state index contributed by atoms with van der Waals surface area (Å²) in [6, 6.07) is 0. The lowest BCUT2D eigenvalue weighted by Gasteiger charge is -2.37. The molecule has 0 bridgehead atoms. The third-order valence-corrected chi connectivity index (χ3v) is 6.61. The Bertz CT molecular complexity index is 427. The SMILES string of the molecule is CC1(C(=O)O)CCCN(S(=O)(=O)C2CCCC2)C1. The van der Waals surface area contributed by atoms with E-state index in [0.29, 0.717) is 19.4 Å². The van der Waals surface area contributed by atoms with Gasteiger partial charge < -0.3 is 5.11 Å². The molecule has 104 valence electrons. The van der Waals surface area contributed by atoms with Crippen LogP contribution in [0, 0.1) is 5.41 Å². The Balaban J connectivity index is 2.15. The second-order valence-corrected chi connectivity index (χ2v) is 7.97. The summed E-state index contributed by atoms with van der Waals surface area (Å²) in [5.41, 5.74) is -0.927. The molecule has 0 aromatic carbocycles. The number of hydrogen-bond acceptors (Lipinski definition) is 3. The van der Waals surface area contributed by atoms with Gasteiger partial charge >= 0.3 is 5.97 Å². The molecule has 2 rings (SSSR count). The van der Waals surface area contributed by atoms with Gasteiger partial charge in [-0.25, -0.2) is 12.7 Å². The van der Waals surface area contributed by atoms with Gasteiger partial charge in [-0.2, -0.15) is 0 Å². The molecule has 0 aromatic heterocycles. The van der Waals surface area contributed by atoms with Crippen molar-refractivity contribution < 1.29 is 18.3 Å². The van der Waals surface area contributed by atoms with Crippen LogP contribution < -0.4 is 0 Å². The van der Waals surface area contributed by atoms with E-state index in [2.05, 4.69) is 0 Å². The maximum absolute atomic E-state index is 12.4. The molecule has 6 heteroatoms. The first-order valence-corrected chi connectivity index (χ1v) is 8.09. The summed E-state index contributed by atoms with van der Waals surface area (Å²) in [5.74, 6) is -0.895. The first kappa shape index (κ1) is 13.8. The van der Waals surface area contributed by atoms with E-state index in [4.69, 9.17) is 0 Å². The van der Waals surface area contributed by atoms with Gasteiger partial charge in [0.2, 0.25) is 10.0 Å². The molecule has 1 saturated carbocycles. The molecule has 1 aliphatic heterocycles. The van der Waals surface area contributed by atoms with Crippen molar-refractivity contribution in [1.29, 1.82) is 0 Å². The summed E-state index contributed by atoms with van der Waals surface area (Å²) in [7, 11) is -3.30. The second kappa shape index (κ2) is 4.81. The lowest BCUT2D eigenvalue weighted by Crippen LogP contribution is -2.50. The zero-order chi connectivity index (χ0) is 13.4. The molecule has 2 aliphatic rings. The zero-order valence-electron chi connectivity index (χ0n) is 10.8. The van der Waals surface area contributed by atoms with Crippen LogP contribution in [-0.4, -0.2) is 42.1 Å². The minimum Gasteiger partial charge on any atom is -0.481 e. The predicted molar refractivity (Wildman–Crippen MR) is 67.7 cm³/mol. The Morgan fingerprint density at radius 1 is 1.28 bits per heavy atom. The number of carbonyl (C=O) groups is 1. The van der Waals surface area contributed by atoms with Crippen LogP contribution in [0.25, 0.3) is 0 Å². The molecule has 0 radical (unpaired) electrons. The van der Waals surface area contributed by atoms with E-state index >= 15 is 0 Å². The minimum absolute atomic E-state index is 0.126. The molecule has 2 fully saturated rings. The van der Waals surface area contributed by atoms with Crippen LogP contribution in [0.5, 0.6) is 0 Å². The van der Waals surface area contributed by atoms with E-state index in [-0.39, 0.29) is 11.8 Å². The third kappa shape index (κ3) is 2.40. The van der Waals surface area contributed by atoms with E-state index in [9.17, 15) is 18.3 Å². The second-order valence-electron chi connectivity index (χ2n) is 5.75. The highest BCUT2D eigenvalue weighted by Gasteiger charge is 2.44. The summed E-state index contributed by atoms with van der Waals surface area (Å²) in [6.45, 7) is 2.24. The Hall–Kier alpha value is -0.620. The third-order valence-electron chi connectivity index (χ3n) is 4.26. The number of nitrogens with zero attached hydrogens (tertiary/aromatic N) is 1. The summed E-state index contributed by atoms with van der Waals surface area (Å²) in [4.78, 5) is 11.2. The van der Waals surface area contributed by atoms with Crippen molar-refractivity contribution in [2.75, 3.05) is 13.1 Å². The Labute approximate surface area is 108 Å². The predicted octanol–water partition coefficient (Wildman–Crippen LogP) is 1.45. The molecule has 0 amide bonds. The van der Waals surface area contributed by atoms with Crippen molar-refractivity contribution in [3.8, 4) is 0 Å². The highest BCUT2D eigenvalue weighted by atomic mass is 32.2. The molecule has 1 unspecified atom stereocenters. The number of carboxylic acids is 1. The quantitative estimate of drug-likeness (QED) is 0.846. The maximum atomic E-state index is 12.4. The van der Waals surface area contributed by atoms with Crippen LogP contribution in [0.15, 0.2) is 0 Å². The summed E-state index contributed by atoms with van der Waals surface area (Å²) >= 11 is 0. The lowest BCUT2D eigenvalue weighted by molar-refractivity contribution is -0.150. The Morgan fingerprint density at radius 3 is 2.44 bits per heavy atom. The van der Waals surface area contributed by atoms with Crippen LogP contribution in [0.1, 0.15) is 45.4 Å². The molecule has 0 spiro atoms. The van der Waals surface area contributed by atoms with Gasteiger partial charge in [0, 0.05) is 13.1 Å². The smallest absolute Gasteiger partial charge is 0.310 e. The normalized spacial score (nSPS) is 31.6. The molecule has 1 heterocycles. The fourth-order valence-corrected chi connectivity index (χ4v) is 5.18. The summed E-state index contributed by atoms with van der Waals surface area (Å²) in [6.07, 6.45) is 4.57. The first-order chi connectivity index (χ1) is 8.36. The van der Waals surface area contributed by atoms with Crippen molar-refractivity contribution >= 4 is 16.0 Å². The average molecular weight is 275 g/mol. The maximum Gasteiger partial charge on any atom is 0.310 e. The average Bonchev–Trinajstić information content (AvgIpc) is 2.83. The van der Waals surface area contributed by atoms with Crippen molar-refractivity contribution in [3.63, 3.8) is 0 Å². The van der Waals surface area contributed by atoms with Crippen molar-refractivity contribution in [1.82, 2.24) is 4.31 Å². The molecule has 0 aromatic rings. The molecule has 18 heavy (non-hydrogen) atoms. The van der Waals surface area contributed by atoms with Gasteiger partial charge in [-0.15, -0.1) is 0 Å². The number of hydrogen-bond donors (Lipinski definition) is 1.